The summed E-state index contributed by atoms with van der Waals surface area (Å²) in [5.74, 6) is -0.214. The largest absolute Gasteiger partial charge is 0.396 e. The highest BCUT2D eigenvalue weighted by Gasteiger charge is 2.10. The van der Waals surface area contributed by atoms with E-state index in [-0.39, 0.29) is 18.3 Å². The van der Waals surface area contributed by atoms with Crippen LogP contribution in [0.2, 0.25) is 5.02 Å². The molecule has 2 rings (SSSR count). The maximum absolute atomic E-state index is 12.9. The predicted molar refractivity (Wildman–Crippen MR) is 76.0 cm³/mol. The molecule has 2 aromatic rings. The summed E-state index contributed by atoms with van der Waals surface area (Å²) in [5.41, 5.74) is 2.16. The first-order chi connectivity index (χ1) is 9.19. The molecule has 0 fully saturated rings. The van der Waals surface area contributed by atoms with Gasteiger partial charge in [-0.3, -0.25) is 0 Å². The fraction of sp³-hybridized carbons (Fsp3) is 0.250. The van der Waals surface area contributed by atoms with Crippen molar-refractivity contribution in [1.29, 1.82) is 0 Å². The summed E-state index contributed by atoms with van der Waals surface area (Å²) in [5, 5.41) is 10.2. The van der Waals surface area contributed by atoms with Gasteiger partial charge in [0.05, 0.1) is 0 Å². The first-order valence-corrected chi connectivity index (χ1v) is 6.67. The van der Waals surface area contributed by atoms with E-state index in [9.17, 15) is 9.50 Å². The molecule has 0 aliphatic rings. The summed E-state index contributed by atoms with van der Waals surface area (Å²) >= 11 is 5.84. The predicted octanol–water partition coefficient (Wildman–Crippen LogP) is 4.19. The molecule has 0 saturated carbocycles. The zero-order valence-corrected chi connectivity index (χ0v) is 11.3. The molecule has 0 amide bonds. The molecule has 0 aromatic heterocycles. The Morgan fingerprint density at radius 2 is 1.63 bits per heavy atom. The molecule has 0 heterocycles. The van der Waals surface area contributed by atoms with E-state index < -0.39 is 0 Å². The number of aliphatic hydroxyl groups excluding tert-OH is 1. The molecule has 1 atom stereocenters. The maximum atomic E-state index is 12.9. The number of aliphatic hydroxyl groups is 1. The van der Waals surface area contributed by atoms with Crippen LogP contribution in [0.5, 0.6) is 0 Å². The Kier molecular flexibility index (Phi) is 4.94. The summed E-state index contributed by atoms with van der Waals surface area (Å²) in [7, 11) is 0. The van der Waals surface area contributed by atoms with Crippen molar-refractivity contribution in [2.24, 2.45) is 0 Å². The van der Waals surface area contributed by atoms with Crippen LogP contribution in [-0.4, -0.2) is 11.7 Å². The van der Waals surface area contributed by atoms with Gasteiger partial charge in [0, 0.05) is 17.5 Å². The van der Waals surface area contributed by atoms with Gasteiger partial charge in [0.1, 0.15) is 5.82 Å². The average Bonchev–Trinajstić information content (AvgIpc) is 2.43. The quantitative estimate of drug-likeness (QED) is 0.869. The van der Waals surface area contributed by atoms with E-state index in [0.717, 1.165) is 23.4 Å². The van der Waals surface area contributed by atoms with Crippen molar-refractivity contribution in [3.05, 3.63) is 70.5 Å². The second-order valence-electron chi connectivity index (χ2n) is 4.60. The van der Waals surface area contributed by atoms with Gasteiger partial charge in [0.15, 0.2) is 0 Å². The topological polar surface area (TPSA) is 20.2 Å². The minimum atomic E-state index is -0.252. The number of rotatable bonds is 5. The Morgan fingerprint density at radius 1 is 1.00 bits per heavy atom. The van der Waals surface area contributed by atoms with Crippen LogP contribution < -0.4 is 0 Å². The van der Waals surface area contributed by atoms with Crippen molar-refractivity contribution in [1.82, 2.24) is 0 Å². The lowest BCUT2D eigenvalue weighted by Crippen LogP contribution is -2.05. The smallest absolute Gasteiger partial charge is 0.123 e. The lowest BCUT2D eigenvalue weighted by Gasteiger charge is -2.14. The second kappa shape index (κ2) is 6.69. The van der Waals surface area contributed by atoms with E-state index in [2.05, 4.69) is 0 Å². The van der Waals surface area contributed by atoms with Gasteiger partial charge in [-0.1, -0.05) is 35.9 Å². The van der Waals surface area contributed by atoms with E-state index >= 15 is 0 Å². The average molecular weight is 279 g/mol. The molecule has 100 valence electrons. The Morgan fingerprint density at radius 3 is 2.21 bits per heavy atom. The van der Waals surface area contributed by atoms with Crippen LogP contribution >= 0.6 is 11.6 Å². The number of benzene rings is 2. The number of hydrogen-bond donors (Lipinski definition) is 1. The number of hydrogen-bond acceptors (Lipinski definition) is 1. The molecular formula is C16H16ClFO. The van der Waals surface area contributed by atoms with E-state index in [0.29, 0.717) is 0 Å². The SMILES string of the molecule is OCC(CCc1ccc(Cl)cc1)c1ccc(F)cc1. The lowest BCUT2D eigenvalue weighted by molar-refractivity contribution is 0.259. The Labute approximate surface area is 117 Å². The third kappa shape index (κ3) is 4.05. The fourth-order valence-corrected chi connectivity index (χ4v) is 2.22. The van der Waals surface area contributed by atoms with Crippen LogP contribution in [0.25, 0.3) is 0 Å². The first kappa shape index (κ1) is 14.0. The van der Waals surface area contributed by atoms with Crippen LogP contribution in [0.1, 0.15) is 23.5 Å². The molecule has 0 spiro atoms. The van der Waals surface area contributed by atoms with E-state index in [1.165, 1.54) is 17.7 Å². The van der Waals surface area contributed by atoms with E-state index in [1.54, 1.807) is 12.1 Å². The van der Waals surface area contributed by atoms with Crippen LogP contribution in [0.4, 0.5) is 4.39 Å². The highest BCUT2D eigenvalue weighted by Crippen LogP contribution is 2.22. The number of halogens is 2. The van der Waals surface area contributed by atoms with Crippen molar-refractivity contribution in [3.8, 4) is 0 Å². The summed E-state index contributed by atoms with van der Waals surface area (Å²) in [6, 6.07) is 14.0. The number of aryl methyl sites for hydroxylation is 1. The molecule has 3 heteroatoms. The third-order valence-corrected chi connectivity index (χ3v) is 3.51. The normalized spacial score (nSPS) is 12.4. The molecule has 1 nitrogen and oxygen atoms in total. The van der Waals surface area contributed by atoms with Gasteiger partial charge in [-0.2, -0.15) is 0 Å². The Hall–Kier alpha value is -1.38. The van der Waals surface area contributed by atoms with Crippen LogP contribution in [0.3, 0.4) is 0 Å². The van der Waals surface area contributed by atoms with Crippen LogP contribution in [0, 0.1) is 5.82 Å². The summed E-state index contributed by atoms with van der Waals surface area (Å²) < 4.78 is 12.9. The van der Waals surface area contributed by atoms with Crippen LogP contribution in [0.15, 0.2) is 48.5 Å². The van der Waals surface area contributed by atoms with Crippen molar-refractivity contribution in [3.63, 3.8) is 0 Å². The monoisotopic (exact) mass is 278 g/mol. The van der Waals surface area contributed by atoms with Crippen molar-refractivity contribution in [2.45, 2.75) is 18.8 Å². The fourth-order valence-electron chi connectivity index (χ4n) is 2.09. The summed E-state index contributed by atoms with van der Waals surface area (Å²) in [6.07, 6.45) is 1.68. The highest BCUT2D eigenvalue weighted by atomic mass is 35.5. The molecule has 0 aliphatic carbocycles. The maximum Gasteiger partial charge on any atom is 0.123 e. The molecule has 0 bridgehead atoms. The van der Waals surface area contributed by atoms with Crippen LogP contribution in [-0.2, 0) is 6.42 Å². The summed E-state index contributed by atoms with van der Waals surface area (Å²) in [6.45, 7) is 0.0687. The van der Waals surface area contributed by atoms with Crippen molar-refractivity contribution >= 4 is 11.6 Å². The van der Waals surface area contributed by atoms with Gasteiger partial charge >= 0.3 is 0 Å². The molecule has 1 N–H and O–H groups in total. The first-order valence-electron chi connectivity index (χ1n) is 6.30. The third-order valence-electron chi connectivity index (χ3n) is 3.26. The second-order valence-corrected chi connectivity index (χ2v) is 5.03. The summed E-state index contributed by atoms with van der Waals surface area (Å²) in [4.78, 5) is 0. The molecular weight excluding hydrogens is 263 g/mol. The molecule has 0 aliphatic heterocycles. The lowest BCUT2D eigenvalue weighted by atomic mass is 9.93. The van der Waals surface area contributed by atoms with E-state index in [1.807, 2.05) is 24.3 Å². The molecule has 2 aromatic carbocycles. The van der Waals surface area contributed by atoms with Gasteiger partial charge in [-0.25, -0.2) is 4.39 Å². The molecule has 0 saturated heterocycles. The minimum Gasteiger partial charge on any atom is -0.396 e. The van der Waals surface area contributed by atoms with Crippen molar-refractivity contribution < 1.29 is 9.50 Å². The zero-order valence-electron chi connectivity index (χ0n) is 10.5. The Bertz CT molecular complexity index is 507. The Balaban J connectivity index is 1.99. The minimum absolute atomic E-state index is 0.0382. The highest BCUT2D eigenvalue weighted by molar-refractivity contribution is 6.30. The van der Waals surface area contributed by atoms with E-state index in [4.69, 9.17) is 11.6 Å². The van der Waals surface area contributed by atoms with Gasteiger partial charge in [-0.15, -0.1) is 0 Å². The van der Waals surface area contributed by atoms with Gasteiger partial charge in [-0.05, 0) is 48.2 Å². The molecule has 19 heavy (non-hydrogen) atoms. The molecule has 0 radical (unpaired) electrons. The van der Waals surface area contributed by atoms with Crippen molar-refractivity contribution in [2.75, 3.05) is 6.61 Å². The standard InChI is InChI=1S/C16H16ClFO/c17-15-7-2-12(3-8-15)1-4-14(11-19)13-5-9-16(18)10-6-13/h2-3,5-10,14,19H,1,4,11H2. The van der Waals surface area contributed by atoms with Gasteiger partial charge in [0.25, 0.3) is 0 Å². The zero-order chi connectivity index (χ0) is 13.7. The van der Waals surface area contributed by atoms with Gasteiger partial charge < -0.3 is 5.11 Å². The van der Waals surface area contributed by atoms with Gasteiger partial charge in [0.2, 0.25) is 0 Å². The molecule has 1 unspecified atom stereocenters.